The molecule has 11 nitrogen and oxygen atoms in total. The van der Waals surface area contributed by atoms with Gasteiger partial charge in [0.25, 0.3) is 0 Å². The predicted molar refractivity (Wildman–Crippen MR) is 259 cm³/mol. The second-order valence-electron chi connectivity index (χ2n) is 18.8. The molecule has 1 aromatic rings. The molecule has 1 saturated heterocycles. The minimum atomic E-state index is -4.41. The summed E-state index contributed by atoms with van der Waals surface area (Å²) in [6.07, 6.45) is 39.0. The van der Waals surface area contributed by atoms with E-state index in [2.05, 4.69) is 58.1 Å². The highest BCUT2D eigenvalue weighted by Gasteiger charge is 2.36. The van der Waals surface area contributed by atoms with Crippen LogP contribution in [0, 0.1) is 13.8 Å². The quantitative estimate of drug-likeness (QED) is 0.0169. The van der Waals surface area contributed by atoms with Crippen molar-refractivity contribution in [3.8, 4) is 0 Å². The van der Waals surface area contributed by atoms with Gasteiger partial charge in [-0.2, -0.15) is 0 Å². The summed E-state index contributed by atoms with van der Waals surface area (Å²) in [6.45, 7) is 8.67. The van der Waals surface area contributed by atoms with Gasteiger partial charge in [0.15, 0.2) is 6.10 Å². The largest absolute Gasteiger partial charge is 0.472 e. The average molecular weight is 921 g/mol. The highest BCUT2D eigenvalue weighted by molar-refractivity contribution is 7.47. The van der Waals surface area contributed by atoms with Crippen LogP contribution in [-0.2, 0) is 50.3 Å². The maximum absolute atomic E-state index is 12.8. The number of esters is 2. The van der Waals surface area contributed by atoms with Crippen LogP contribution in [0.15, 0.2) is 40.9 Å². The third-order valence-electron chi connectivity index (χ3n) is 11.8. The summed E-state index contributed by atoms with van der Waals surface area (Å²) in [5.41, 5.74) is 2.69. The number of aryl methyl sites for hydroxylation is 2. The molecule has 2 heterocycles. The third kappa shape index (κ3) is 29.9. The van der Waals surface area contributed by atoms with E-state index in [4.69, 9.17) is 27.7 Å². The van der Waals surface area contributed by atoms with Gasteiger partial charge in [-0.05, 0) is 89.2 Å². The topological polar surface area (TPSA) is 134 Å². The third-order valence-corrected chi connectivity index (χ3v) is 12.8. The van der Waals surface area contributed by atoms with E-state index >= 15 is 0 Å². The molecule has 0 aliphatic carbocycles. The summed E-state index contributed by atoms with van der Waals surface area (Å²) in [5.74, 6) is 1.49. The molecular weight excluding hydrogens is 830 g/mol. The zero-order valence-electron chi connectivity index (χ0n) is 41.4. The van der Waals surface area contributed by atoms with E-state index in [-0.39, 0.29) is 26.1 Å². The van der Waals surface area contributed by atoms with Gasteiger partial charge in [-0.15, -0.1) is 0 Å². The zero-order chi connectivity index (χ0) is 46.9. The Balaban J connectivity index is 1.61. The number of nitrogens with zero attached hydrogens (tertiary/aromatic N) is 1. The van der Waals surface area contributed by atoms with Crippen LogP contribution in [0.4, 0.5) is 0 Å². The van der Waals surface area contributed by atoms with Crippen LogP contribution in [0.5, 0.6) is 0 Å². The van der Waals surface area contributed by atoms with Crippen molar-refractivity contribution in [2.45, 2.75) is 213 Å². The molecule has 0 spiro atoms. The average Bonchev–Trinajstić information content (AvgIpc) is 3.94. The molecule has 1 N–H and O–H groups in total. The molecule has 3 unspecified atom stereocenters. The SMILES string of the molecule is CCCCC/C=C\CC1OC1C/C=C\C/C=C\CCCC(=O)O[C@H](COC(=O)CCCCCCCCCCCCc1oc(CCCCC)c(C)c1C)COP(=O)(O)OCC[N+](C)(C)C. The van der Waals surface area contributed by atoms with Gasteiger partial charge in [0, 0.05) is 25.7 Å². The molecule has 368 valence electrons. The Labute approximate surface area is 389 Å². The molecule has 0 amide bonds. The lowest BCUT2D eigenvalue weighted by atomic mass is 10.0. The standard InChI is InChI=1S/C52H90NO10P/c1-8-10-12-13-23-30-36-49-50(63-49)37-31-25-20-18-22-27-33-39-52(55)61-46(43-60-64(56,57)59-41-40-53(5,6)7)42-58-51(54)38-32-26-21-17-15-14-16-19-24-29-35-48-45(4)44(3)47(62-48)34-28-11-9-2/h18,22-23,25,30-31,46,49-50H,8-17,19-21,24,26-29,32-43H2,1-7H3/p+1/b22-18-,30-23-,31-25-/t46-,49?,50?/m1/s1. The number of carbonyl (C=O) groups excluding carboxylic acids is 2. The number of hydrogen-bond acceptors (Lipinski definition) is 9. The molecule has 0 aromatic carbocycles. The van der Waals surface area contributed by atoms with Gasteiger partial charge in [-0.3, -0.25) is 18.6 Å². The first-order valence-electron chi connectivity index (χ1n) is 25.2. The Bertz CT molecular complexity index is 1530. The second-order valence-corrected chi connectivity index (χ2v) is 20.3. The maximum Gasteiger partial charge on any atom is 0.472 e. The van der Waals surface area contributed by atoms with E-state index in [1.807, 2.05) is 27.2 Å². The number of phosphoric ester groups is 1. The van der Waals surface area contributed by atoms with E-state index in [0.717, 1.165) is 57.8 Å². The molecule has 1 fully saturated rings. The summed E-state index contributed by atoms with van der Waals surface area (Å²) in [4.78, 5) is 35.6. The highest BCUT2D eigenvalue weighted by atomic mass is 31.2. The molecule has 2 rings (SSSR count). The van der Waals surface area contributed by atoms with Crippen molar-refractivity contribution in [1.29, 1.82) is 0 Å². The second kappa shape index (κ2) is 34.7. The van der Waals surface area contributed by atoms with Crippen molar-refractivity contribution < 1.29 is 51.2 Å². The van der Waals surface area contributed by atoms with Crippen molar-refractivity contribution >= 4 is 19.8 Å². The molecule has 1 aromatic heterocycles. The zero-order valence-corrected chi connectivity index (χ0v) is 42.3. The molecular formula is C52H91NO10P+. The molecule has 4 atom stereocenters. The Morgan fingerprint density at radius 1 is 0.656 bits per heavy atom. The van der Waals surface area contributed by atoms with Crippen LogP contribution >= 0.6 is 7.82 Å². The molecule has 0 bridgehead atoms. The first-order valence-corrected chi connectivity index (χ1v) is 26.7. The van der Waals surface area contributed by atoms with Crippen molar-refractivity contribution in [2.24, 2.45) is 0 Å². The first kappa shape index (κ1) is 57.6. The Morgan fingerprint density at radius 3 is 1.80 bits per heavy atom. The van der Waals surface area contributed by atoms with E-state index in [1.54, 1.807) is 0 Å². The van der Waals surface area contributed by atoms with Gasteiger partial charge < -0.3 is 28.0 Å². The Hall–Kier alpha value is -2.53. The first-order chi connectivity index (χ1) is 30.7. The van der Waals surface area contributed by atoms with Crippen LogP contribution in [0.1, 0.15) is 191 Å². The summed E-state index contributed by atoms with van der Waals surface area (Å²) in [7, 11) is 1.42. The number of hydrogen-bond donors (Lipinski definition) is 1. The van der Waals surface area contributed by atoms with Crippen LogP contribution in [-0.4, -0.2) is 87.1 Å². The highest BCUT2D eigenvalue weighted by Crippen LogP contribution is 2.43. The minimum Gasteiger partial charge on any atom is -0.466 e. The molecule has 1 aliphatic heterocycles. The number of rotatable bonds is 41. The van der Waals surface area contributed by atoms with Crippen LogP contribution in [0.25, 0.3) is 0 Å². The van der Waals surface area contributed by atoms with Gasteiger partial charge in [-0.1, -0.05) is 127 Å². The van der Waals surface area contributed by atoms with Crippen LogP contribution in [0.3, 0.4) is 0 Å². The normalized spacial score (nSPS) is 16.9. The summed E-state index contributed by atoms with van der Waals surface area (Å²) >= 11 is 0. The van der Waals surface area contributed by atoms with E-state index in [9.17, 15) is 19.0 Å². The summed E-state index contributed by atoms with van der Waals surface area (Å²) in [6, 6.07) is 0. The number of allylic oxidation sites excluding steroid dienone is 4. The Kier molecular flexibility index (Phi) is 31.3. The van der Waals surface area contributed by atoms with E-state index < -0.39 is 32.5 Å². The van der Waals surface area contributed by atoms with Crippen molar-refractivity contribution in [3.63, 3.8) is 0 Å². The maximum atomic E-state index is 12.8. The summed E-state index contributed by atoms with van der Waals surface area (Å²) in [5, 5.41) is 0. The monoisotopic (exact) mass is 921 g/mol. The lowest BCUT2D eigenvalue weighted by Gasteiger charge is -2.24. The van der Waals surface area contributed by atoms with Gasteiger partial charge in [-0.25, -0.2) is 4.57 Å². The molecule has 1 aliphatic rings. The molecule has 64 heavy (non-hydrogen) atoms. The van der Waals surface area contributed by atoms with Gasteiger partial charge in [0.05, 0.1) is 40.0 Å². The number of furan rings is 1. The molecule has 0 saturated carbocycles. The van der Waals surface area contributed by atoms with Gasteiger partial charge in [0.1, 0.15) is 31.3 Å². The fourth-order valence-corrected chi connectivity index (χ4v) is 8.14. The Morgan fingerprint density at radius 2 is 1.17 bits per heavy atom. The smallest absolute Gasteiger partial charge is 0.466 e. The van der Waals surface area contributed by atoms with Crippen molar-refractivity contribution in [2.75, 3.05) is 47.5 Å². The lowest BCUT2D eigenvalue weighted by molar-refractivity contribution is -0.870. The van der Waals surface area contributed by atoms with Gasteiger partial charge in [0.2, 0.25) is 0 Å². The predicted octanol–water partition coefficient (Wildman–Crippen LogP) is 13.1. The van der Waals surface area contributed by atoms with Gasteiger partial charge >= 0.3 is 19.8 Å². The van der Waals surface area contributed by atoms with Crippen LogP contribution < -0.4 is 0 Å². The molecule has 0 radical (unpaired) electrons. The number of carbonyl (C=O) groups is 2. The minimum absolute atomic E-state index is 0.0131. The van der Waals surface area contributed by atoms with E-state index in [1.165, 1.54) is 99.7 Å². The van der Waals surface area contributed by atoms with E-state index in [0.29, 0.717) is 42.5 Å². The van der Waals surface area contributed by atoms with Crippen molar-refractivity contribution in [1.82, 2.24) is 0 Å². The number of phosphoric acid groups is 1. The number of likely N-dealkylation sites (N-methyl/N-ethyl adjacent to an activating group) is 1. The number of quaternary nitrogens is 1. The fourth-order valence-electron chi connectivity index (χ4n) is 7.40. The van der Waals surface area contributed by atoms with Crippen LogP contribution in [0.2, 0.25) is 0 Å². The molecule has 12 heteroatoms. The number of ether oxygens (including phenoxy) is 3. The summed E-state index contributed by atoms with van der Waals surface area (Å²) < 4.78 is 46.4. The van der Waals surface area contributed by atoms with Crippen molar-refractivity contribution in [3.05, 3.63) is 59.1 Å². The lowest BCUT2D eigenvalue weighted by Crippen LogP contribution is -2.37. The number of epoxide rings is 1. The fraction of sp³-hybridized carbons (Fsp3) is 0.769. The number of unbranched alkanes of at least 4 members (excludes halogenated alkanes) is 15.